The summed E-state index contributed by atoms with van der Waals surface area (Å²) in [7, 11) is 1.24. The van der Waals surface area contributed by atoms with Gasteiger partial charge in [-0.3, -0.25) is 4.99 Å². The van der Waals surface area contributed by atoms with Crippen LogP contribution in [-0.4, -0.2) is 44.3 Å². The molecule has 1 rings (SSSR count). The molecule has 0 saturated carbocycles. The first-order chi connectivity index (χ1) is 7.15. The molecular weight excluding hydrogens is 206 g/mol. The van der Waals surface area contributed by atoms with Crippen LogP contribution in [0, 0.1) is 0 Å². The van der Waals surface area contributed by atoms with Gasteiger partial charge in [-0.05, 0) is 6.08 Å². The highest BCUT2D eigenvalue weighted by atomic mass is 19.3. The van der Waals surface area contributed by atoms with Gasteiger partial charge in [-0.1, -0.05) is 6.08 Å². The summed E-state index contributed by atoms with van der Waals surface area (Å²) in [6.45, 7) is -0.474. The number of hydrogen-bond acceptors (Lipinski definition) is 4. The molecule has 1 N–H and O–H groups in total. The molecule has 15 heavy (non-hydrogen) atoms. The number of ether oxygens (including phenoxy) is 1. The number of alkyl halides is 2. The molecule has 0 aromatic heterocycles. The molecule has 0 aromatic carbocycles. The summed E-state index contributed by atoms with van der Waals surface area (Å²) in [5, 5.41) is 2.53. The molecule has 6 heteroatoms. The molecule has 0 bridgehead atoms. The summed E-state index contributed by atoms with van der Waals surface area (Å²) >= 11 is 0. The lowest BCUT2D eigenvalue weighted by atomic mass is 10.1. The van der Waals surface area contributed by atoms with Crippen molar-refractivity contribution in [2.75, 3.05) is 13.7 Å². The summed E-state index contributed by atoms with van der Waals surface area (Å²) < 4.78 is 28.4. The normalized spacial score (nSPS) is 24.5. The van der Waals surface area contributed by atoms with E-state index in [9.17, 15) is 13.6 Å². The minimum absolute atomic E-state index is 0.474. The van der Waals surface area contributed by atoms with Crippen molar-refractivity contribution in [1.82, 2.24) is 5.32 Å². The van der Waals surface area contributed by atoms with Crippen molar-refractivity contribution in [2.24, 2.45) is 4.99 Å². The van der Waals surface area contributed by atoms with Crippen LogP contribution in [0.2, 0.25) is 0 Å². The van der Waals surface area contributed by atoms with E-state index in [0.717, 1.165) is 0 Å². The van der Waals surface area contributed by atoms with Crippen LogP contribution in [0.15, 0.2) is 17.1 Å². The average molecular weight is 218 g/mol. The molecule has 84 valence electrons. The van der Waals surface area contributed by atoms with Crippen LogP contribution in [-0.2, 0) is 9.53 Å². The molecule has 4 nitrogen and oxygen atoms in total. The van der Waals surface area contributed by atoms with Crippen molar-refractivity contribution in [3.63, 3.8) is 0 Å². The van der Waals surface area contributed by atoms with E-state index >= 15 is 0 Å². The number of halogens is 2. The minimum Gasteiger partial charge on any atom is -0.467 e. The molecular formula is C9H12F2N2O2. The van der Waals surface area contributed by atoms with Gasteiger partial charge in [0.05, 0.1) is 19.7 Å². The molecule has 0 aromatic rings. The number of dihydropyridines is 1. The lowest BCUT2D eigenvalue weighted by molar-refractivity contribution is -0.142. The molecule has 0 saturated heterocycles. The van der Waals surface area contributed by atoms with Gasteiger partial charge >= 0.3 is 5.97 Å². The number of carbonyl (C=O) groups excluding carboxylic acids is 1. The fraction of sp³-hybridized carbons (Fsp3) is 0.556. The Morgan fingerprint density at radius 3 is 3.00 bits per heavy atom. The first kappa shape index (κ1) is 11.8. The first-order valence-corrected chi connectivity index (χ1v) is 4.44. The van der Waals surface area contributed by atoms with Gasteiger partial charge in [0.2, 0.25) is 0 Å². The third-order valence-electron chi connectivity index (χ3n) is 1.94. The number of esters is 1. The quantitative estimate of drug-likeness (QED) is 0.694. The van der Waals surface area contributed by atoms with Crippen molar-refractivity contribution >= 4 is 12.2 Å². The monoisotopic (exact) mass is 218 g/mol. The van der Waals surface area contributed by atoms with E-state index < -0.39 is 31.0 Å². The third-order valence-corrected chi connectivity index (χ3v) is 1.94. The van der Waals surface area contributed by atoms with Gasteiger partial charge in [-0.25, -0.2) is 13.6 Å². The molecule has 2 unspecified atom stereocenters. The Morgan fingerprint density at radius 1 is 1.67 bits per heavy atom. The fourth-order valence-electron chi connectivity index (χ4n) is 1.24. The molecule has 1 aliphatic heterocycles. The van der Waals surface area contributed by atoms with Gasteiger partial charge in [0.25, 0.3) is 6.43 Å². The number of aliphatic imine (C=N–C) groups is 1. The lowest BCUT2D eigenvalue weighted by Gasteiger charge is -2.22. The Hall–Kier alpha value is -1.30. The van der Waals surface area contributed by atoms with Gasteiger partial charge < -0.3 is 10.1 Å². The van der Waals surface area contributed by atoms with Crippen LogP contribution >= 0.6 is 0 Å². The summed E-state index contributed by atoms with van der Waals surface area (Å²) in [4.78, 5) is 15.1. The zero-order chi connectivity index (χ0) is 11.3. The van der Waals surface area contributed by atoms with Gasteiger partial charge in [-0.15, -0.1) is 0 Å². The average Bonchev–Trinajstić information content (AvgIpc) is 2.25. The maximum Gasteiger partial charge on any atom is 0.332 e. The number of methoxy groups -OCH3 is 1. The standard InChI is InChI=1S/C9H12F2N2O2/c1-15-9(14)8-6(3-2-4-12-8)13-5-7(10)11/h2-4,6-8,13H,5H2,1H3. The van der Waals surface area contributed by atoms with Crippen LogP contribution in [0.1, 0.15) is 0 Å². The van der Waals surface area contributed by atoms with Crippen LogP contribution < -0.4 is 5.32 Å². The Balaban J connectivity index is 2.56. The highest BCUT2D eigenvalue weighted by Crippen LogP contribution is 2.07. The first-order valence-electron chi connectivity index (χ1n) is 4.44. The highest BCUT2D eigenvalue weighted by Gasteiger charge is 2.28. The van der Waals surface area contributed by atoms with Crippen molar-refractivity contribution < 1.29 is 18.3 Å². The zero-order valence-corrected chi connectivity index (χ0v) is 8.19. The predicted molar refractivity (Wildman–Crippen MR) is 51.2 cm³/mol. The molecule has 1 aliphatic rings. The van der Waals surface area contributed by atoms with Crippen molar-refractivity contribution in [3.05, 3.63) is 12.2 Å². The lowest BCUT2D eigenvalue weighted by Crippen LogP contribution is -2.45. The van der Waals surface area contributed by atoms with Crippen LogP contribution in [0.25, 0.3) is 0 Å². The highest BCUT2D eigenvalue weighted by molar-refractivity contribution is 5.83. The van der Waals surface area contributed by atoms with Crippen LogP contribution in [0.3, 0.4) is 0 Å². The maximum atomic E-state index is 12.0. The number of allylic oxidation sites excluding steroid dienone is 1. The summed E-state index contributed by atoms with van der Waals surface area (Å²) in [6, 6.07) is -1.31. The number of rotatable bonds is 4. The van der Waals surface area contributed by atoms with E-state index in [2.05, 4.69) is 15.0 Å². The number of carbonyl (C=O) groups is 1. The van der Waals surface area contributed by atoms with E-state index in [-0.39, 0.29) is 0 Å². The third kappa shape index (κ3) is 3.39. The topological polar surface area (TPSA) is 50.7 Å². The van der Waals surface area contributed by atoms with Crippen molar-refractivity contribution in [2.45, 2.75) is 18.5 Å². The van der Waals surface area contributed by atoms with Crippen LogP contribution in [0.5, 0.6) is 0 Å². The second-order valence-corrected chi connectivity index (χ2v) is 2.98. The Labute approximate surface area is 86.0 Å². The largest absolute Gasteiger partial charge is 0.467 e. The molecule has 0 spiro atoms. The molecule has 2 atom stereocenters. The summed E-state index contributed by atoms with van der Waals surface area (Å²) in [5.41, 5.74) is 0. The second kappa shape index (κ2) is 5.55. The van der Waals surface area contributed by atoms with E-state index in [0.29, 0.717) is 0 Å². The summed E-state index contributed by atoms with van der Waals surface area (Å²) in [6.07, 6.45) is 2.20. The van der Waals surface area contributed by atoms with Crippen molar-refractivity contribution in [3.8, 4) is 0 Å². The van der Waals surface area contributed by atoms with Gasteiger partial charge in [-0.2, -0.15) is 0 Å². The van der Waals surface area contributed by atoms with E-state index in [1.165, 1.54) is 13.3 Å². The van der Waals surface area contributed by atoms with Gasteiger partial charge in [0, 0.05) is 6.21 Å². The van der Waals surface area contributed by atoms with Gasteiger partial charge in [0.15, 0.2) is 6.04 Å². The number of nitrogens with one attached hydrogen (secondary N) is 1. The Kier molecular flexibility index (Phi) is 4.36. The van der Waals surface area contributed by atoms with E-state index in [4.69, 9.17) is 0 Å². The number of hydrogen-bond donors (Lipinski definition) is 1. The maximum absolute atomic E-state index is 12.0. The Bertz CT molecular complexity index is 279. The predicted octanol–water partition coefficient (Wildman–Crippen LogP) is 0.392. The van der Waals surface area contributed by atoms with Crippen LogP contribution in [0.4, 0.5) is 8.78 Å². The Morgan fingerprint density at radius 2 is 2.40 bits per heavy atom. The summed E-state index contributed by atoms with van der Waals surface area (Å²) in [5.74, 6) is -0.539. The molecule has 1 heterocycles. The fourth-order valence-corrected chi connectivity index (χ4v) is 1.24. The molecule has 0 fully saturated rings. The van der Waals surface area contributed by atoms with E-state index in [1.54, 1.807) is 12.2 Å². The zero-order valence-electron chi connectivity index (χ0n) is 8.19. The van der Waals surface area contributed by atoms with Crippen molar-refractivity contribution in [1.29, 1.82) is 0 Å². The smallest absolute Gasteiger partial charge is 0.332 e. The van der Waals surface area contributed by atoms with Gasteiger partial charge in [0.1, 0.15) is 0 Å². The minimum atomic E-state index is -2.46. The molecule has 0 aliphatic carbocycles. The second-order valence-electron chi connectivity index (χ2n) is 2.98. The SMILES string of the molecule is COC(=O)C1N=CC=CC1NCC(F)F. The molecule has 0 radical (unpaired) electrons. The van der Waals surface area contributed by atoms with E-state index in [1.807, 2.05) is 0 Å². The molecule has 0 amide bonds. The number of nitrogens with zero attached hydrogens (tertiary/aromatic N) is 1.